The summed E-state index contributed by atoms with van der Waals surface area (Å²) in [6.07, 6.45) is 2.81. The highest BCUT2D eigenvalue weighted by Crippen LogP contribution is 2.20. The van der Waals surface area contributed by atoms with Crippen LogP contribution < -0.4 is 0 Å². The summed E-state index contributed by atoms with van der Waals surface area (Å²) in [5, 5.41) is 0. The van der Waals surface area contributed by atoms with Gasteiger partial charge in [-0.2, -0.15) is 8.42 Å². The molecule has 1 unspecified atom stereocenters. The summed E-state index contributed by atoms with van der Waals surface area (Å²) < 4.78 is 33.2. The van der Waals surface area contributed by atoms with E-state index in [1.54, 1.807) is 0 Å². The van der Waals surface area contributed by atoms with Gasteiger partial charge in [-0.1, -0.05) is 33.6 Å². The SMILES string of the molecule is CCCC(CCOS(=O)(=O)O)C(C)C. The van der Waals surface area contributed by atoms with E-state index in [1.165, 1.54) is 0 Å². The topological polar surface area (TPSA) is 63.6 Å². The molecule has 0 radical (unpaired) electrons. The fourth-order valence-electron chi connectivity index (χ4n) is 1.49. The fraction of sp³-hybridized carbons (Fsp3) is 1.00. The highest BCUT2D eigenvalue weighted by Gasteiger charge is 2.13. The quantitative estimate of drug-likeness (QED) is 0.674. The highest BCUT2D eigenvalue weighted by atomic mass is 32.3. The molecule has 0 spiro atoms. The van der Waals surface area contributed by atoms with Gasteiger partial charge >= 0.3 is 10.4 Å². The number of hydrogen-bond acceptors (Lipinski definition) is 3. The lowest BCUT2D eigenvalue weighted by atomic mass is 9.89. The van der Waals surface area contributed by atoms with E-state index in [0.717, 1.165) is 12.8 Å². The van der Waals surface area contributed by atoms with Crippen LogP contribution >= 0.6 is 0 Å². The molecule has 1 atom stereocenters. The Morgan fingerprint density at radius 2 is 1.86 bits per heavy atom. The first kappa shape index (κ1) is 13.9. The summed E-state index contributed by atoms with van der Waals surface area (Å²) in [6.45, 7) is 6.38. The fourth-order valence-corrected chi connectivity index (χ4v) is 1.79. The van der Waals surface area contributed by atoms with Gasteiger partial charge in [0.1, 0.15) is 0 Å². The molecule has 0 aliphatic rings. The summed E-state index contributed by atoms with van der Waals surface area (Å²) in [4.78, 5) is 0. The van der Waals surface area contributed by atoms with E-state index < -0.39 is 10.4 Å². The molecule has 0 heterocycles. The van der Waals surface area contributed by atoms with Crippen LogP contribution in [0.25, 0.3) is 0 Å². The normalized spacial score (nSPS) is 14.6. The lowest BCUT2D eigenvalue weighted by Crippen LogP contribution is -2.13. The van der Waals surface area contributed by atoms with Crippen molar-refractivity contribution in [3.8, 4) is 0 Å². The monoisotopic (exact) mass is 224 g/mol. The van der Waals surface area contributed by atoms with Crippen LogP contribution in [0.4, 0.5) is 0 Å². The van der Waals surface area contributed by atoms with Crippen molar-refractivity contribution in [3.05, 3.63) is 0 Å². The van der Waals surface area contributed by atoms with Crippen molar-refractivity contribution in [2.45, 2.75) is 40.0 Å². The van der Waals surface area contributed by atoms with Crippen molar-refractivity contribution in [2.24, 2.45) is 11.8 Å². The van der Waals surface area contributed by atoms with Gasteiger partial charge in [0.15, 0.2) is 0 Å². The minimum absolute atomic E-state index is 0.0711. The molecule has 0 fully saturated rings. The maximum Gasteiger partial charge on any atom is 0.397 e. The van der Waals surface area contributed by atoms with Crippen molar-refractivity contribution >= 4 is 10.4 Å². The zero-order valence-corrected chi connectivity index (χ0v) is 9.88. The third-order valence-corrected chi connectivity index (χ3v) is 2.79. The molecule has 5 heteroatoms. The summed E-state index contributed by atoms with van der Waals surface area (Å²) in [5.74, 6) is 0.974. The second kappa shape index (κ2) is 6.37. The molecule has 4 nitrogen and oxygen atoms in total. The highest BCUT2D eigenvalue weighted by molar-refractivity contribution is 7.80. The molecule has 0 amide bonds. The van der Waals surface area contributed by atoms with Crippen LogP contribution in [0.5, 0.6) is 0 Å². The van der Waals surface area contributed by atoms with E-state index in [4.69, 9.17) is 4.55 Å². The van der Waals surface area contributed by atoms with E-state index in [-0.39, 0.29) is 6.61 Å². The molecule has 86 valence electrons. The molecule has 0 bridgehead atoms. The lowest BCUT2D eigenvalue weighted by molar-refractivity contribution is 0.220. The average Bonchev–Trinajstić information content (AvgIpc) is 2.00. The smallest absolute Gasteiger partial charge is 0.264 e. The van der Waals surface area contributed by atoms with Gasteiger partial charge in [-0.15, -0.1) is 0 Å². The van der Waals surface area contributed by atoms with Crippen molar-refractivity contribution in [1.82, 2.24) is 0 Å². The zero-order valence-electron chi connectivity index (χ0n) is 9.06. The largest absolute Gasteiger partial charge is 0.397 e. The van der Waals surface area contributed by atoms with Gasteiger partial charge in [0.2, 0.25) is 0 Å². The predicted molar refractivity (Wildman–Crippen MR) is 55.4 cm³/mol. The van der Waals surface area contributed by atoms with Crippen LogP contribution in [0.15, 0.2) is 0 Å². The van der Waals surface area contributed by atoms with Crippen LogP contribution in [0, 0.1) is 11.8 Å². The Balaban J connectivity index is 3.83. The molecule has 0 aromatic heterocycles. The van der Waals surface area contributed by atoms with Gasteiger partial charge in [0, 0.05) is 0 Å². The predicted octanol–water partition coefficient (Wildman–Crippen LogP) is 2.27. The third-order valence-electron chi connectivity index (χ3n) is 2.32. The standard InChI is InChI=1S/C9H20O4S/c1-4-5-9(8(2)3)6-7-13-14(10,11)12/h8-9H,4-7H2,1-3H3,(H,10,11,12). The molecule has 0 aliphatic heterocycles. The minimum atomic E-state index is -4.26. The zero-order chi connectivity index (χ0) is 11.2. The number of hydrogen-bond donors (Lipinski definition) is 1. The van der Waals surface area contributed by atoms with Gasteiger partial charge in [-0.05, 0) is 18.3 Å². The molecule has 0 saturated heterocycles. The van der Waals surface area contributed by atoms with E-state index >= 15 is 0 Å². The Morgan fingerprint density at radius 1 is 1.29 bits per heavy atom. The first-order valence-electron chi connectivity index (χ1n) is 4.98. The molecule has 0 rings (SSSR count). The van der Waals surface area contributed by atoms with Crippen molar-refractivity contribution < 1.29 is 17.2 Å². The van der Waals surface area contributed by atoms with E-state index in [2.05, 4.69) is 25.0 Å². The summed E-state index contributed by atoms with van der Waals surface area (Å²) >= 11 is 0. The van der Waals surface area contributed by atoms with Crippen molar-refractivity contribution in [3.63, 3.8) is 0 Å². The Hall–Kier alpha value is -0.130. The van der Waals surface area contributed by atoms with E-state index in [0.29, 0.717) is 18.3 Å². The molecular formula is C9H20O4S. The Kier molecular flexibility index (Phi) is 6.31. The molecular weight excluding hydrogens is 204 g/mol. The third kappa shape index (κ3) is 7.29. The van der Waals surface area contributed by atoms with Crippen LogP contribution in [0.3, 0.4) is 0 Å². The molecule has 1 N–H and O–H groups in total. The van der Waals surface area contributed by atoms with E-state index in [1.807, 2.05) is 0 Å². The summed E-state index contributed by atoms with van der Waals surface area (Å²) in [5.41, 5.74) is 0. The average molecular weight is 224 g/mol. The Bertz CT molecular complexity index is 233. The minimum Gasteiger partial charge on any atom is -0.264 e. The number of rotatable bonds is 7. The summed E-state index contributed by atoms with van der Waals surface area (Å²) in [6, 6.07) is 0. The van der Waals surface area contributed by atoms with Crippen LogP contribution in [0.1, 0.15) is 40.0 Å². The second-order valence-electron chi connectivity index (χ2n) is 3.83. The molecule has 0 saturated carbocycles. The van der Waals surface area contributed by atoms with Crippen molar-refractivity contribution in [2.75, 3.05) is 6.61 Å². The molecule has 0 aliphatic carbocycles. The lowest BCUT2D eigenvalue weighted by Gasteiger charge is -2.19. The van der Waals surface area contributed by atoms with Gasteiger partial charge in [-0.25, -0.2) is 4.18 Å². The Morgan fingerprint density at radius 3 is 2.21 bits per heavy atom. The van der Waals surface area contributed by atoms with E-state index in [9.17, 15) is 8.42 Å². The molecule has 14 heavy (non-hydrogen) atoms. The van der Waals surface area contributed by atoms with Crippen LogP contribution in [0.2, 0.25) is 0 Å². The maximum absolute atomic E-state index is 10.3. The van der Waals surface area contributed by atoms with Crippen LogP contribution in [-0.2, 0) is 14.6 Å². The van der Waals surface area contributed by atoms with Gasteiger partial charge in [0.25, 0.3) is 0 Å². The first-order valence-corrected chi connectivity index (χ1v) is 6.35. The van der Waals surface area contributed by atoms with Crippen LogP contribution in [-0.4, -0.2) is 19.6 Å². The van der Waals surface area contributed by atoms with Crippen molar-refractivity contribution in [1.29, 1.82) is 0 Å². The molecule has 0 aromatic carbocycles. The first-order chi connectivity index (χ1) is 6.37. The Labute approximate surface area is 86.6 Å². The molecule has 0 aromatic rings. The van der Waals surface area contributed by atoms with Gasteiger partial charge in [0.05, 0.1) is 6.61 Å². The maximum atomic E-state index is 10.3. The van der Waals surface area contributed by atoms with Gasteiger partial charge in [-0.3, -0.25) is 4.55 Å². The summed E-state index contributed by atoms with van der Waals surface area (Å²) in [7, 11) is -4.26. The van der Waals surface area contributed by atoms with Gasteiger partial charge < -0.3 is 0 Å². The second-order valence-corrected chi connectivity index (χ2v) is 4.92.